The lowest BCUT2D eigenvalue weighted by atomic mass is 10.1. The summed E-state index contributed by atoms with van der Waals surface area (Å²) in [4.78, 5) is 17.9. The molecule has 18 heavy (non-hydrogen) atoms. The zero-order valence-electron chi connectivity index (χ0n) is 10.3. The van der Waals surface area contributed by atoms with E-state index in [9.17, 15) is 4.79 Å². The molecule has 5 heteroatoms. The summed E-state index contributed by atoms with van der Waals surface area (Å²) in [7, 11) is 1.97. The second-order valence-corrected chi connectivity index (χ2v) is 4.78. The van der Waals surface area contributed by atoms with Gasteiger partial charge in [-0.25, -0.2) is 4.79 Å². The van der Waals surface area contributed by atoms with Crippen molar-refractivity contribution in [2.75, 3.05) is 18.9 Å². The Morgan fingerprint density at radius 1 is 1.33 bits per heavy atom. The molecule has 0 spiro atoms. The van der Waals surface area contributed by atoms with E-state index in [4.69, 9.17) is 11.6 Å². The van der Waals surface area contributed by atoms with Crippen LogP contribution in [0.3, 0.4) is 0 Å². The number of piperidine rings is 1. The smallest absolute Gasteiger partial charge is 0.347 e. The van der Waals surface area contributed by atoms with Crippen molar-refractivity contribution in [2.45, 2.75) is 19.3 Å². The van der Waals surface area contributed by atoms with E-state index in [0.29, 0.717) is 10.7 Å². The van der Waals surface area contributed by atoms with Gasteiger partial charge >= 0.3 is 6.03 Å². The summed E-state index contributed by atoms with van der Waals surface area (Å²) in [5.41, 5.74) is 0.701. The highest BCUT2D eigenvalue weighted by atomic mass is 35.5. The molecule has 1 heterocycles. The van der Waals surface area contributed by atoms with Gasteiger partial charge in [-0.1, -0.05) is 11.6 Å². The third-order valence-corrected chi connectivity index (χ3v) is 3.16. The lowest BCUT2D eigenvalue weighted by Crippen LogP contribution is -2.32. The second kappa shape index (κ2) is 5.87. The molecule has 4 nitrogen and oxygen atoms in total. The molecule has 1 aromatic carbocycles. The van der Waals surface area contributed by atoms with E-state index < -0.39 is 0 Å². The summed E-state index contributed by atoms with van der Waals surface area (Å²) in [6, 6.07) is 6.64. The van der Waals surface area contributed by atoms with Gasteiger partial charge in [-0.05, 0) is 37.1 Å². The fourth-order valence-electron chi connectivity index (χ4n) is 1.90. The molecule has 1 aliphatic rings. The lowest BCUT2D eigenvalue weighted by molar-refractivity contribution is 0.259. The molecule has 0 unspecified atom stereocenters. The Hall–Kier alpha value is -1.55. The van der Waals surface area contributed by atoms with Crippen molar-refractivity contribution in [3.63, 3.8) is 0 Å². The van der Waals surface area contributed by atoms with Crippen LogP contribution in [-0.4, -0.2) is 30.4 Å². The SMILES string of the molecule is CN1CCCCC1=NC(=O)Nc1ccc(Cl)cc1. The molecule has 1 aromatic rings. The molecule has 0 radical (unpaired) electrons. The topological polar surface area (TPSA) is 44.7 Å². The molecule has 1 N–H and O–H groups in total. The van der Waals surface area contributed by atoms with Gasteiger partial charge in [0.25, 0.3) is 0 Å². The Morgan fingerprint density at radius 3 is 2.72 bits per heavy atom. The van der Waals surface area contributed by atoms with Crippen LogP contribution in [0.15, 0.2) is 29.3 Å². The molecule has 0 aliphatic carbocycles. The molecule has 96 valence electrons. The molecular weight excluding hydrogens is 250 g/mol. The van der Waals surface area contributed by atoms with Crippen LogP contribution in [0, 0.1) is 0 Å². The number of carbonyl (C=O) groups is 1. The number of anilines is 1. The predicted octanol–water partition coefficient (Wildman–Crippen LogP) is 3.39. The van der Waals surface area contributed by atoms with Gasteiger partial charge in [0, 0.05) is 30.7 Å². The van der Waals surface area contributed by atoms with E-state index in [0.717, 1.165) is 31.6 Å². The van der Waals surface area contributed by atoms with Crippen LogP contribution in [0.2, 0.25) is 5.02 Å². The van der Waals surface area contributed by atoms with Gasteiger partial charge in [0.15, 0.2) is 0 Å². The maximum atomic E-state index is 11.8. The Bertz CT molecular complexity index is 456. The number of likely N-dealkylation sites (tertiary alicyclic amines) is 1. The largest absolute Gasteiger partial charge is 0.363 e. The van der Waals surface area contributed by atoms with Crippen LogP contribution >= 0.6 is 11.6 Å². The first-order chi connectivity index (χ1) is 8.65. The van der Waals surface area contributed by atoms with E-state index >= 15 is 0 Å². The van der Waals surface area contributed by atoms with Gasteiger partial charge in [0.2, 0.25) is 0 Å². The highest BCUT2D eigenvalue weighted by molar-refractivity contribution is 6.30. The van der Waals surface area contributed by atoms with E-state index in [-0.39, 0.29) is 6.03 Å². The lowest BCUT2D eigenvalue weighted by Gasteiger charge is -2.25. The van der Waals surface area contributed by atoms with Crippen molar-refractivity contribution >= 4 is 29.2 Å². The number of nitrogens with zero attached hydrogens (tertiary/aromatic N) is 2. The standard InChI is InChI=1S/C13H16ClN3O/c1-17-9-3-2-4-12(17)16-13(18)15-11-7-5-10(14)6-8-11/h5-8H,2-4,9H2,1H3,(H,15,18). The van der Waals surface area contributed by atoms with E-state index in [1.54, 1.807) is 24.3 Å². The minimum atomic E-state index is -0.332. The summed E-state index contributed by atoms with van der Waals surface area (Å²) >= 11 is 5.78. The average molecular weight is 266 g/mol. The minimum Gasteiger partial charge on any atom is -0.363 e. The van der Waals surface area contributed by atoms with Crippen molar-refractivity contribution in [3.8, 4) is 0 Å². The van der Waals surface area contributed by atoms with Gasteiger partial charge in [-0.3, -0.25) is 0 Å². The van der Waals surface area contributed by atoms with Crippen LogP contribution in [0.1, 0.15) is 19.3 Å². The van der Waals surface area contributed by atoms with Crippen LogP contribution in [0.4, 0.5) is 10.5 Å². The van der Waals surface area contributed by atoms with Crippen molar-refractivity contribution in [1.29, 1.82) is 0 Å². The van der Waals surface area contributed by atoms with Crippen LogP contribution in [0.25, 0.3) is 0 Å². The Kier molecular flexibility index (Phi) is 4.20. The number of benzene rings is 1. The van der Waals surface area contributed by atoms with Gasteiger partial charge < -0.3 is 10.2 Å². The Balaban J connectivity index is 1.99. The molecule has 1 fully saturated rings. The summed E-state index contributed by atoms with van der Waals surface area (Å²) in [5.74, 6) is 0.854. The minimum absolute atomic E-state index is 0.332. The van der Waals surface area contributed by atoms with E-state index in [2.05, 4.69) is 10.3 Å². The Labute approximate surface area is 112 Å². The van der Waals surface area contributed by atoms with Crippen molar-refractivity contribution in [1.82, 2.24) is 4.90 Å². The van der Waals surface area contributed by atoms with Crippen LogP contribution in [-0.2, 0) is 0 Å². The quantitative estimate of drug-likeness (QED) is 0.846. The summed E-state index contributed by atoms with van der Waals surface area (Å²) in [6.07, 6.45) is 3.12. The number of rotatable bonds is 1. The number of amidine groups is 1. The van der Waals surface area contributed by atoms with Gasteiger partial charge in [0.05, 0.1) is 0 Å². The number of urea groups is 1. The maximum Gasteiger partial charge on any atom is 0.347 e. The molecule has 0 aromatic heterocycles. The number of carbonyl (C=O) groups excluding carboxylic acids is 1. The van der Waals surface area contributed by atoms with E-state index in [1.165, 1.54) is 0 Å². The molecule has 0 atom stereocenters. The number of nitrogens with one attached hydrogen (secondary N) is 1. The highest BCUT2D eigenvalue weighted by Gasteiger charge is 2.13. The molecule has 0 bridgehead atoms. The monoisotopic (exact) mass is 265 g/mol. The van der Waals surface area contributed by atoms with Crippen LogP contribution < -0.4 is 5.32 Å². The fraction of sp³-hybridized carbons (Fsp3) is 0.385. The Morgan fingerprint density at radius 2 is 2.06 bits per heavy atom. The maximum absolute atomic E-state index is 11.8. The highest BCUT2D eigenvalue weighted by Crippen LogP contribution is 2.14. The predicted molar refractivity (Wildman–Crippen MR) is 74.4 cm³/mol. The number of amides is 2. The molecule has 0 saturated carbocycles. The molecular formula is C13H16ClN3O. The number of hydrogen-bond donors (Lipinski definition) is 1. The zero-order valence-corrected chi connectivity index (χ0v) is 11.1. The third kappa shape index (κ3) is 3.47. The number of halogens is 1. The first kappa shape index (κ1) is 12.9. The van der Waals surface area contributed by atoms with Crippen molar-refractivity contribution in [3.05, 3.63) is 29.3 Å². The average Bonchev–Trinajstić information content (AvgIpc) is 2.35. The third-order valence-electron chi connectivity index (χ3n) is 2.91. The first-order valence-electron chi connectivity index (χ1n) is 6.00. The second-order valence-electron chi connectivity index (χ2n) is 4.34. The van der Waals surface area contributed by atoms with Crippen molar-refractivity contribution < 1.29 is 4.79 Å². The van der Waals surface area contributed by atoms with E-state index in [1.807, 2.05) is 11.9 Å². The summed E-state index contributed by atoms with van der Waals surface area (Å²) < 4.78 is 0. The molecule has 2 rings (SSSR count). The number of aliphatic imine (C=N–C) groups is 1. The fourth-order valence-corrected chi connectivity index (χ4v) is 2.02. The molecule has 1 aliphatic heterocycles. The normalized spacial score (nSPS) is 17.9. The summed E-state index contributed by atoms with van der Waals surface area (Å²) in [6.45, 7) is 0.965. The van der Waals surface area contributed by atoms with Crippen LogP contribution in [0.5, 0.6) is 0 Å². The van der Waals surface area contributed by atoms with Crippen molar-refractivity contribution in [2.24, 2.45) is 4.99 Å². The number of hydrogen-bond acceptors (Lipinski definition) is 1. The van der Waals surface area contributed by atoms with Gasteiger partial charge in [-0.2, -0.15) is 4.99 Å². The molecule has 2 amide bonds. The molecule has 1 saturated heterocycles. The van der Waals surface area contributed by atoms with Gasteiger partial charge in [-0.15, -0.1) is 0 Å². The summed E-state index contributed by atoms with van der Waals surface area (Å²) in [5, 5.41) is 3.37. The first-order valence-corrected chi connectivity index (χ1v) is 6.38. The zero-order chi connectivity index (χ0) is 13.0. The van der Waals surface area contributed by atoms with Gasteiger partial charge in [0.1, 0.15) is 5.84 Å².